The summed E-state index contributed by atoms with van der Waals surface area (Å²) in [6.07, 6.45) is 7.83. The van der Waals surface area contributed by atoms with E-state index >= 15 is 0 Å². The van der Waals surface area contributed by atoms with Crippen molar-refractivity contribution < 1.29 is 9.90 Å². The van der Waals surface area contributed by atoms with E-state index in [1.165, 1.54) is 19.3 Å². The van der Waals surface area contributed by atoms with Crippen molar-refractivity contribution in [1.29, 1.82) is 0 Å². The molecule has 2 aliphatic heterocycles. The lowest BCUT2D eigenvalue weighted by Crippen LogP contribution is -2.47. The van der Waals surface area contributed by atoms with Gasteiger partial charge in [-0.1, -0.05) is 0 Å². The molecule has 0 bridgehead atoms. The molecule has 2 fully saturated rings. The van der Waals surface area contributed by atoms with Crippen LogP contribution in [-0.2, 0) is 4.79 Å². The van der Waals surface area contributed by atoms with Gasteiger partial charge in [0.1, 0.15) is 0 Å². The maximum Gasteiger partial charge on any atom is 0.236 e. The third-order valence-corrected chi connectivity index (χ3v) is 4.66. The molecule has 0 aliphatic carbocycles. The van der Waals surface area contributed by atoms with Crippen LogP contribution in [0.2, 0.25) is 0 Å². The van der Waals surface area contributed by atoms with Crippen LogP contribution in [0, 0.1) is 0 Å². The van der Waals surface area contributed by atoms with Gasteiger partial charge in [0.05, 0.1) is 6.54 Å². The third-order valence-electron chi connectivity index (χ3n) is 4.66. The van der Waals surface area contributed by atoms with E-state index in [0.717, 1.165) is 38.8 Å². The number of likely N-dealkylation sites (tertiary alicyclic amines) is 2. The molecule has 2 atom stereocenters. The van der Waals surface area contributed by atoms with E-state index < -0.39 is 0 Å². The number of amides is 1. The Morgan fingerprint density at radius 1 is 1.21 bits per heavy atom. The number of aliphatic hydroxyl groups excluding tert-OH is 1. The SMILES string of the molecule is CC1CCCCN1C(=O)CN1CCCC1CCCO. The zero-order valence-corrected chi connectivity index (χ0v) is 12.2. The Balaban J connectivity index is 1.83. The molecule has 0 saturated carbocycles. The van der Waals surface area contributed by atoms with Crippen LogP contribution in [0.25, 0.3) is 0 Å². The topological polar surface area (TPSA) is 43.8 Å². The maximum absolute atomic E-state index is 12.4. The first-order valence-electron chi connectivity index (χ1n) is 7.86. The number of rotatable bonds is 5. The number of hydrogen-bond donors (Lipinski definition) is 1. The molecular weight excluding hydrogens is 240 g/mol. The fourth-order valence-corrected chi connectivity index (χ4v) is 3.49. The molecule has 4 nitrogen and oxygen atoms in total. The Morgan fingerprint density at radius 2 is 2.05 bits per heavy atom. The van der Waals surface area contributed by atoms with Crippen molar-refractivity contribution in [3.05, 3.63) is 0 Å². The Hall–Kier alpha value is -0.610. The van der Waals surface area contributed by atoms with Crippen molar-refractivity contribution in [2.45, 2.75) is 64.0 Å². The molecule has 1 N–H and O–H groups in total. The summed E-state index contributed by atoms with van der Waals surface area (Å²) >= 11 is 0. The van der Waals surface area contributed by atoms with Crippen molar-refractivity contribution >= 4 is 5.91 Å². The van der Waals surface area contributed by atoms with Crippen molar-refractivity contribution in [1.82, 2.24) is 9.80 Å². The van der Waals surface area contributed by atoms with Crippen LogP contribution in [-0.4, -0.2) is 59.1 Å². The smallest absolute Gasteiger partial charge is 0.236 e. The molecule has 1 amide bonds. The highest BCUT2D eigenvalue weighted by Crippen LogP contribution is 2.22. The molecule has 2 saturated heterocycles. The summed E-state index contributed by atoms with van der Waals surface area (Å²) in [6.45, 7) is 5.01. The fraction of sp³-hybridized carbons (Fsp3) is 0.933. The van der Waals surface area contributed by atoms with Crippen LogP contribution in [0.4, 0.5) is 0 Å². The zero-order valence-electron chi connectivity index (χ0n) is 12.2. The van der Waals surface area contributed by atoms with Gasteiger partial charge in [0, 0.05) is 25.2 Å². The molecule has 2 rings (SSSR count). The number of hydrogen-bond acceptors (Lipinski definition) is 3. The Labute approximate surface area is 116 Å². The molecule has 0 spiro atoms. The van der Waals surface area contributed by atoms with Crippen LogP contribution >= 0.6 is 0 Å². The second-order valence-electron chi connectivity index (χ2n) is 6.06. The van der Waals surface area contributed by atoms with E-state index in [1.54, 1.807) is 0 Å². The average molecular weight is 268 g/mol. The minimum absolute atomic E-state index is 0.265. The molecule has 110 valence electrons. The summed E-state index contributed by atoms with van der Waals surface area (Å²) in [5.74, 6) is 0.308. The first-order valence-corrected chi connectivity index (χ1v) is 7.86. The normalized spacial score (nSPS) is 28.8. The Kier molecular flexibility index (Phi) is 5.64. The van der Waals surface area contributed by atoms with Crippen LogP contribution < -0.4 is 0 Å². The Bertz CT molecular complexity index is 296. The van der Waals surface area contributed by atoms with Gasteiger partial charge in [-0.15, -0.1) is 0 Å². The van der Waals surface area contributed by atoms with Crippen LogP contribution in [0.3, 0.4) is 0 Å². The van der Waals surface area contributed by atoms with Crippen molar-refractivity contribution in [2.24, 2.45) is 0 Å². The minimum Gasteiger partial charge on any atom is -0.396 e. The van der Waals surface area contributed by atoms with Crippen molar-refractivity contribution in [3.63, 3.8) is 0 Å². The van der Waals surface area contributed by atoms with Gasteiger partial charge in [0.2, 0.25) is 5.91 Å². The van der Waals surface area contributed by atoms with E-state index in [-0.39, 0.29) is 6.61 Å². The third kappa shape index (κ3) is 3.93. The standard InChI is InChI=1S/C15H28N2O2/c1-13-6-2-3-10-17(13)15(19)12-16-9-4-7-14(16)8-5-11-18/h13-14,18H,2-12H2,1H3. The largest absolute Gasteiger partial charge is 0.396 e. The summed E-state index contributed by atoms with van der Waals surface area (Å²) < 4.78 is 0. The predicted molar refractivity (Wildman–Crippen MR) is 75.9 cm³/mol. The Morgan fingerprint density at radius 3 is 2.79 bits per heavy atom. The molecule has 2 unspecified atom stereocenters. The van der Waals surface area contributed by atoms with Crippen LogP contribution in [0.5, 0.6) is 0 Å². The predicted octanol–water partition coefficient (Wildman–Crippen LogP) is 1.62. The van der Waals surface area contributed by atoms with E-state index in [4.69, 9.17) is 5.11 Å². The molecule has 19 heavy (non-hydrogen) atoms. The lowest BCUT2D eigenvalue weighted by atomic mass is 10.0. The highest BCUT2D eigenvalue weighted by molar-refractivity contribution is 5.78. The molecule has 2 heterocycles. The summed E-state index contributed by atoms with van der Waals surface area (Å²) in [4.78, 5) is 16.8. The quantitative estimate of drug-likeness (QED) is 0.824. The van der Waals surface area contributed by atoms with Crippen LogP contribution in [0.15, 0.2) is 0 Å². The number of piperidine rings is 1. The molecule has 0 aromatic heterocycles. The number of nitrogens with zero attached hydrogens (tertiary/aromatic N) is 2. The molecule has 0 aromatic rings. The lowest BCUT2D eigenvalue weighted by molar-refractivity contribution is -0.135. The first-order chi connectivity index (χ1) is 9.22. The minimum atomic E-state index is 0.265. The van der Waals surface area contributed by atoms with Gasteiger partial charge in [0.15, 0.2) is 0 Å². The van der Waals surface area contributed by atoms with Gasteiger partial charge in [0.25, 0.3) is 0 Å². The van der Waals surface area contributed by atoms with Gasteiger partial charge in [-0.05, 0) is 58.4 Å². The second-order valence-corrected chi connectivity index (χ2v) is 6.06. The molecule has 0 aromatic carbocycles. The van der Waals surface area contributed by atoms with E-state index in [1.807, 2.05) is 0 Å². The molecule has 4 heteroatoms. The summed E-state index contributed by atoms with van der Waals surface area (Å²) in [5.41, 5.74) is 0. The van der Waals surface area contributed by atoms with E-state index in [0.29, 0.717) is 24.5 Å². The van der Waals surface area contributed by atoms with Crippen molar-refractivity contribution in [2.75, 3.05) is 26.2 Å². The maximum atomic E-state index is 12.4. The first kappa shape index (κ1) is 14.8. The van der Waals surface area contributed by atoms with Crippen molar-refractivity contribution in [3.8, 4) is 0 Å². The van der Waals surface area contributed by atoms with Crippen LogP contribution in [0.1, 0.15) is 51.9 Å². The summed E-state index contributed by atoms with van der Waals surface area (Å²) in [7, 11) is 0. The van der Waals surface area contributed by atoms with E-state index in [2.05, 4.69) is 16.7 Å². The summed E-state index contributed by atoms with van der Waals surface area (Å²) in [6, 6.07) is 0.927. The number of carbonyl (C=O) groups is 1. The van der Waals surface area contributed by atoms with Gasteiger partial charge < -0.3 is 10.0 Å². The summed E-state index contributed by atoms with van der Waals surface area (Å²) in [5, 5.41) is 8.94. The highest BCUT2D eigenvalue weighted by atomic mass is 16.3. The average Bonchev–Trinajstić information content (AvgIpc) is 2.84. The number of carbonyl (C=O) groups excluding carboxylic acids is 1. The van der Waals surface area contributed by atoms with Gasteiger partial charge in [-0.25, -0.2) is 0 Å². The van der Waals surface area contributed by atoms with E-state index in [9.17, 15) is 4.79 Å². The monoisotopic (exact) mass is 268 g/mol. The van der Waals surface area contributed by atoms with Gasteiger partial charge >= 0.3 is 0 Å². The second kappa shape index (κ2) is 7.25. The highest BCUT2D eigenvalue weighted by Gasteiger charge is 2.29. The molecular formula is C15H28N2O2. The van der Waals surface area contributed by atoms with Gasteiger partial charge in [-0.2, -0.15) is 0 Å². The fourth-order valence-electron chi connectivity index (χ4n) is 3.49. The lowest BCUT2D eigenvalue weighted by Gasteiger charge is -2.35. The molecule has 0 radical (unpaired) electrons. The molecule has 2 aliphatic rings. The van der Waals surface area contributed by atoms with Gasteiger partial charge in [-0.3, -0.25) is 9.69 Å². The number of aliphatic hydroxyl groups is 1. The zero-order chi connectivity index (χ0) is 13.7.